The predicted octanol–water partition coefficient (Wildman–Crippen LogP) is 3.93. The van der Waals surface area contributed by atoms with Crippen LogP contribution in [0.5, 0.6) is 11.5 Å². The summed E-state index contributed by atoms with van der Waals surface area (Å²) in [6, 6.07) is 10.1. The molecule has 2 heterocycles. The molecule has 1 aliphatic carbocycles. The third kappa shape index (κ3) is 5.19. The van der Waals surface area contributed by atoms with Crippen molar-refractivity contribution in [3.05, 3.63) is 64.1 Å². The third-order valence-corrected chi connectivity index (χ3v) is 6.74. The zero-order valence-corrected chi connectivity index (χ0v) is 19.6. The number of carbonyl (C=O) groups excluding carboxylic acids is 2. The van der Waals surface area contributed by atoms with Crippen molar-refractivity contribution in [2.24, 2.45) is 0 Å². The number of thiophene rings is 1. The van der Waals surface area contributed by atoms with E-state index in [0.29, 0.717) is 22.8 Å². The van der Waals surface area contributed by atoms with Gasteiger partial charge in [0.05, 0.1) is 20.8 Å². The first-order valence-corrected chi connectivity index (χ1v) is 11.8. The van der Waals surface area contributed by atoms with Crippen molar-refractivity contribution in [2.45, 2.75) is 44.3 Å². The normalized spacial score (nSPS) is 14.6. The number of methoxy groups -OCH3 is 2. The number of aromatic amines is 1. The van der Waals surface area contributed by atoms with E-state index in [1.165, 1.54) is 6.20 Å². The predicted molar refractivity (Wildman–Crippen MR) is 125 cm³/mol. The summed E-state index contributed by atoms with van der Waals surface area (Å²) in [5.41, 5.74) is 0.971. The minimum absolute atomic E-state index is 0.117. The molecule has 0 aliphatic heterocycles. The van der Waals surface area contributed by atoms with Crippen molar-refractivity contribution >= 4 is 23.2 Å². The molecule has 1 aromatic carbocycles. The summed E-state index contributed by atoms with van der Waals surface area (Å²) in [4.78, 5) is 29.9. The molecule has 3 aromatic rings. The number of nitrogens with one attached hydrogen (secondary N) is 2. The van der Waals surface area contributed by atoms with Crippen molar-refractivity contribution in [2.75, 3.05) is 14.2 Å². The van der Waals surface area contributed by atoms with Gasteiger partial charge in [-0.1, -0.05) is 25.0 Å². The van der Waals surface area contributed by atoms with E-state index in [9.17, 15) is 9.59 Å². The molecule has 2 amide bonds. The third-order valence-electron chi connectivity index (χ3n) is 5.88. The Morgan fingerprint density at radius 3 is 2.61 bits per heavy atom. The van der Waals surface area contributed by atoms with E-state index in [1.54, 1.807) is 48.7 Å². The number of hydrogen-bond acceptors (Lipinski definition) is 6. The van der Waals surface area contributed by atoms with Gasteiger partial charge in [0.1, 0.15) is 11.7 Å². The summed E-state index contributed by atoms with van der Waals surface area (Å²) in [6.07, 6.45) is 5.62. The van der Waals surface area contributed by atoms with Crippen molar-refractivity contribution in [3.8, 4) is 11.5 Å². The SMILES string of the molecule is COc1ccc([C@H](C(=O)NC2CCCC2)N(Cc2cccs2)C(=O)c2ccn[nH]2)cc1OC. The average molecular weight is 469 g/mol. The standard InChI is InChI=1S/C24H28N4O4S/c1-31-20-10-9-16(14-21(20)32-2)22(23(29)26-17-6-3-4-7-17)28(15-18-8-5-13-33-18)24(30)19-11-12-25-27-19/h5,8-14,17,22H,3-4,6-7,15H2,1-2H3,(H,25,27)(H,26,29)/t22-/m1/s1. The summed E-state index contributed by atoms with van der Waals surface area (Å²) >= 11 is 1.54. The van der Waals surface area contributed by atoms with Crippen LogP contribution in [0.15, 0.2) is 48.0 Å². The smallest absolute Gasteiger partial charge is 0.273 e. The molecule has 174 valence electrons. The highest BCUT2D eigenvalue weighted by atomic mass is 32.1. The Hall–Kier alpha value is -3.33. The van der Waals surface area contributed by atoms with Crippen molar-refractivity contribution in [1.82, 2.24) is 20.4 Å². The molecule has 0 spiro atoms. The highest BCUT2D eigenvalue weighted by Crippen LogP contribution is 2.34. The zero-order valence-electron chi connectivity index (χ0n) is 18.7. The molecular weight excluding hydrogens is 440 g/mol. The van der Waals surface area contributed by atoms with E-state index in [4.69, 9.17) is 9.47 Å². The number of ether oxygens (including phenoxy) is 2. The lowest BCUT2D eigenvalue weighted by Crippen LogP contribution is -2.45. The van der Waals surface area contributed by atoms with Crippen LogP contribution in [0.4, 0.5) is 0 Å². The van der Waals surface area contributed by atoms with Gasteiger partial charge in [-0.3, -0.25) is 14.7 Å². The van der Waals surface area contributed by atoms with Gasteiger partial charge in [0, 0.05) is 17.1 Å². The van der Waals surface area contributed by atoms with Gasteiger partial charge in [0.25, 0.3) is 5.91 Å². The van der Waals surface area contributed by atoms with Crippen molar-refractivity contribution in [1.29, 1.82) is 0 Å². The Bertz CT molecular complexity index is 1060. The van der Waals surface area contributed by atoms with Crippen molar-refractivity contribution < 1.29 is 19.1 Å². The molecular formula is C24H28N4O4S. The first kappa shape index (κ1) is 22.8. The minimum Gasteiger partial charge on any atom is -0.493 e. The molecule has 0 bridgehead atoms. The first-order valence-electron chi connectivity index (χ1n) is 11.0. The summed E-state index contributed by atoms with van der Waals surface area (Å²) in [7, 11) is 3.11. The number of nitrogens with zero attached hydrogens (tertiary/aromatic N) is 2. The number of amides is 2. The molecule has 1 aliphatic rings. The van der Waals surface area contributed by atoms with Gasteiger partial charge >= 0.3 is 0 Å². The van der Waals surface area contributed by atoms with E-state index >= 15 is 0 Å². The van der Waals surface area contributed by atoms with Crippen LogP contribution >= 0.6 is 11.3 Å². The maximum Gasteiger partial charge on any atom is 0.273 e. The van der Waals surface area contributed by atoms with Crippen molar-refractivity contribution in [3.63, 3.8) is 0 Å². The second-order valence-corrected chi connectivity index (χ2v) is 9.02. The van der Waals surface area contributed by atoms with Crippen LogP contribution in [-0.4, -0.2) is 47.2 Å². The fourth-order valence-corrected chi connectivity index (χ4v) is 4.93. The van der Waals surface area contributed by atoms with Crippen LogP contribution in [0.3, 0.4) is 0 Å². The summed E-state index contributed by atoms with van der Waals surface area (Å²) in [5, 5.41) is 11.8. The molecule has 9 heteroatoms. The van der Waals surface area contributed by atoms with Gasteiger partial charge in [-0.2, -0.15) is 5.10 Å². The monoisotopic (exact) mass is 468 g/mol. The lowest BCUT2D eigenvalue weighted by atomic mass is 10.0. The number of carbonyl (C=O) groups is 2. The van der Waals surface area contributed by atoms with Gasteiger partial charge < -0.3 is 19.7 Å². The van der Waals surface area contributed by atoms with Crippen LogP contribution in [0.2, 0.25) is 0 Å². The number of benzene rings is 1. The summed E-state index contributed by atoms with van der Waals surface area (Å²) in [6.45, 7) is 0.284. The van der Waals surface area contributed by atoms with E-state index in [2.05, 4.69) is 15.5 Å². The minimum atomic E-state index is -0.858. The molecule has 1 fully saturated rings. The van der Waals surface area contributed by atoms with E-state index in [1.807, 2.05) is 23.6 Å². The molecule has 0 radical (unpaired) electrons. The number of rotatable bonds is 9. The molecule has 0 unspecified atom stereocenters. The van der Waals surface area contributed by atoms with Gasteiger partial charge in [0.2, 0.25) is 5.91 Å². The molecule has 2 N–H and O–H groups in total. The molecule has 4 rings (SSSR count). The van der Waals surface area contributed by atoms with E-state index in [0.717, 1.165) is 30.6 Å². The lowest BCUT2D eigenvalue weighted by molar-refractivity contribution is -0.126. The highest BCUT2D eigenvalue weighted by Gasteiger charge is 2.35. The molecule has 1 saturated carbocycles. The lowest BCUT2D eigenvalue weighted by Gasteiger charge is -2.32. The van der Waals surface area contributed by atoms with Crippen LogP contribution in [0.25, 0.3) is 0 Å². The second-order valence-electron chi connectivity index (χ2n) is 7.99. The molecule has 1 atom stereocenters. The van der Waals surface area contributed by atoms with Gasteiger partial charge in [0.15, 0.2) is 11.5 Å². The van der Waals surface area contributed by atoms with Crippen LogP contribution in [0.1, 0.15) is 52.7 Å². The van der Waals surface area contributed by atoms with E-state index in [-0.39, 0.29) is 24.4 Å². The molecule has 33 heavy (non-hydrogen) atoms. The second kappa shape index (κ2) is 10.5. The number of hydrogen-bond donors (Lipinski definition) is 2. The number of aromatic nitrogens is 2. The Morgan fingerprint density at radius 2 is 1.97 bits per heavy atom. The largest absolute Gasteiger partial charge is 0.493 e. The summed E-state index contributed by atoms with van der Waals surface area (Å²) in [5.74, 6) is 0.542. The zero-order chi connectivity index (χ0) is 23.2. The van der Waals surface area contributed by atoms with Crippen LogP contribution < -0.4 is 14.8 Å². The Kier molecular flexibility index (Phi) is 7.29. The molecule has 8 nitrogen and oxygen atoms in total. The van der Waals surface area contributed by atoms with Gasteiger partial charge in [-0.25, -0.2) is 0 Å². The maximum atomic E-state index is 13.7. The Labute approximate surface area is 196 Å². The fraction of sp³-hybridized carbons (Fsp3) is 0.375. The summed E-state index contributed by atoms with van der Waals surface area (Å²) < 4.78 is 10.9. The Morgan fingerprint density at radius 1 is 1.18 bits per heavy atom. The maximum absolute atomic E-state index is 13.7. The highest BCUT2D eigenvalue weighted by molar-refractivity contribution is 7.09. The first-order chi connectivity index (χ1) is 16.1. The quantitative estimate of drug-likeness (QED) is 0.496. The van der Waals surface area contributed by atoms with E-state index < -0.39 is 6.04 Å². The average Bonchev–Trinajstić information content (AvgIpc) is 3.62. The van der Waals surface area contributed by atoms with Gasteiger partial charge in [-0.15, -0.1) is 11.3 Å². The molecule has 0 saturated heterocycles. The Balaban J connectivity index is 1.76. The van der Waals surface area contributed by atoms with Crippen LogP contribution in [-0.2, 0) is 11.3 Å². The topological polar surface area (TPSA) is 96.5 Å². The number of H-pyrrole nitrogens is 1. The van der Waals surface area contributed by atoms with Crippen LogP contribution in [0, 0.1) is 0 Å². The molecule has 2 aromatic heterocycles. The van der Waals surface area contributed by atoms with Gasteiger partial charge in [-0.05, 0) is 48.1 Å². The fourth-order valence-electron chi connectivity index (χ4n) is 4.23.